The van der Waals surface area contributed by atoms with Gasteiger partial charge in [0.15, 0.2) is 5.96 Å². The van der Waals surface area contributed by atoms with Crippen LogP contribution < -0.4 is 86.2 Å². The molecule has 3 saturated heterocycles. The van der Waals surface area contributed by atoms with Crippen LogP contribution in [0.3, 0.4) is 0 Å². The third kappa shape index (κ3) is 30.8. The Hall–Kier alpha value is -14.0. The number of phenolic OH excluding ortho intramolecular Hbond substituents is 1. The fraction of sp³-hybridized carbons (Fsp3) is 0.526. The van der Waals surface area contributed by atoms with Crippen molar-refractivity contribution < 1.29 is 102 Å². The molecule has 2 aromatic heterocycles. The predicted molar refractivity (Wildman–Crippen MR) is 528 cm³/mol. The smallest absolute Gasteiger partial charge is 0.246 e. The Bertz CT molecular complexity index is 5470. The number of benzene rings is 4. The van der Waals surface area contributed by atoms with Crippen molar-refractivity contribution in [3.05, 3.63) is 120 Å². The Morgan fingerprint density at radius 3 is 1.78 bits per heavy atom. The van der Waals surface area contributed by atoms with Gasteiger partial charge in [-0.3, -0.25) is 86.9 Å². The van der Waals surface area contributed by atoms with Gasteiger partial charge in [-0.1, -0.05) is 102 Å². The van der Waals surface area contributed by atoms with Gasteiger partial charge in [-0.2, -0.15) is 0 Å². The molecule has 44 nitrogen and oxygen atoms in total. The Balaban J connectivity index is 1.13. The number of amides is 17. The number of rotatable bonds is 29. The molecule has 3 aliphatic rings. The first-order valence-corrected chi connectivity index (χ1v) is 49.1. The predicted octanol–water partition coefficient (Wildman–Crippen LogP) is -1.48. The number of likely N-dealkylation sites (N-methyl/N-ethyl adjacent to an activating group) is 3. The third-order valence-corrected chi connectivity index (χ3v) is 26.4. The second-order valence-corrected chi connectivity index (χ2v) is 37.4. The molecule has 3 fully saturated rings. The Morgan fingerprint density at radius 1 is 0.563 bits per heavy atom. The molecule has 0 radical (unpaired) electrons. The molecule has 5 heterocycles. The number of nitrogens with one attached hydrogen (secondary N) is 14. The molecular formula is C97H137N23O21S. The molecule has 15 atom stereocenters. The Kier molecular flexibility index (Phi) is 42.2. The van der Waals surface area contributed by atoms with Crippen molar-refractivity contribution in [2.24, 2.45) is 28.9 Å². The minimum absolute atomic E-state index is 0.0132. The highest BCUT2D eigenvalue weighted by atomic mass is 32.2. The topological polar surface area (TPSA) is 668 Å². The van der Waals surface area contributed by atoms with Crippen LogP contribution >= 0.6 is 11.8 Å². The maximum absolute atomic E-state index is 16.3. The molecule has 0 spiro atoms. The van der Waals surface area contributed by atoms with Crippen molar-refractivity contribution in [2.45, 2.75) is 241 Å². The molecule has 0 saturated carbocycles. The molecule has 0 bridgehead atoms. The van der Waals surface area contributed by atoms with E-state index in [0.29, 0.717) is 87.8 Å². The van der Waals surface area contributed by atoms with Gasteiger partial charge in [0.05, 0.1) is 38.0 Å². The molecule has 0 aliphatic carbocycles. The quantitative estimate of drug-likeness (QED) is 0.0145. The standard InChI is InChI=1S/C97H137N23O21S/c1-10-13-26-75-89(133)108-66(25-19-39-103-97(101)102)85(129)115-74(84(128)105-48-80(100)125)51-142-52-81(126)106-70(42-55-29-33-58(122)34-30-55)92(136)116(7)54(6)83(127)111-72(46-79(99)124)94(138)119-40-20-28-76(119)90(134)109-67(37-38-98)86(130)112-69(41-53(4)5)95(139)120-49-59(123)44-78(120)91(135)110-68(43-57-47-104-64-23-17-15-21-61(57)64)87(131)114-73(50-121)88(132)113-71(93(137)118(9)77(27-14-11-2)96(140)117(75)8)45-63-62-22-16-18-24-65(62)107-82(63)56-31-35-60(36-32-56)141-12-3/h15-18,21-24,29-36,47,53-54,59,66-78,104,107,121-123H,10-14,19-20,25-28,37-46,48-52,98H2,1-9H3,(H2,99,124)(H2,100,125)(H,105,128)(H,106,126)(H,108,133)(H,109,134)(H,110,135)(H,111,127)(H,112,130)(H,113,132)(H,114,131)(H,115,129)(H4,101,102,103)/t54-,59+,66-,67-,68-,69-,70-,71?,72-,73-,74-,75-,76-,77-,78-/m0/s1. The number of aromatic hydroxyl groups is 1. The summed E-state index contributed by atoms with van der Waals surface area (Å²) in [6.07, 6.45) is -0.868. The zero-order chi connectivity index (χ0) is 104. The van der Waals surface area contributed by atoms with Crippen molar-refractivity contribution in [2.75, 3.05) is 78.6 Å². The zero-order valence-electron chi connectivity index (χ0n) is 81.6. The first-order valence-electron chi connectivity index (χ1n) is 48.0. The molecule has 45 heteroatoms. The molecule has 4 aromatic carbocycles. The summed E-state index contributed by atoms with van der Waals surface area (Å²) < 4.78 is 5.80. The van der Waals surface area contributed by atoms with Crippen molar-refractivity contribution in [1.82, 2.24) is 93.0 Å². The number of guanidine groups is 1. The number of aromatic nitrogens is 2. The summed E-state index contributed by atoms with van der Waals surface area (Å²) in [5.74, 6) is -17.7. The number of thioether (sulfide) groups is 1. The average molecular weight is 1990 g/mol. The van der Waals surface area contributed by atoms with E-state index in [9.17, 15) is 58.5 Å². The van der Waals surface area contributed by atoms with Gasteiger partial charge in [0.2, 0.25) is 100 Å². The number of nitrogens with two attached hydrogens (primary N) is 4. The van der Waals surface area contributed by atoms with Crippen molar-refractivity contribution in [3.8, 4) is 22.8 Å². The third-order valence-electron chi connectivity index (χ3n) is 25.4. The molecule has 142 heavy (non-hydrogen) atoms. The lowest BCUT2D eigenvalue weighted by Gasteiger charge is -2.36. The second kappa shape index (κ2) is 53.6. The van der Waals surface area contributed by atoms with E-state index in [2.05, 4.69) is 68.5 Å². The number of hydrogen-bond acceptors (Lipinski definition) is 24. The van der Waals surface area contributed by atoms with Crippen LogP contribution in [0, 0.1) is 11.3 Å². The molecule has 3 aliphatic heterocycles. The minimum Gasteiger partial charge on any atom is -0.508 e. The number of aromatic amines is 2. The van der Waals surface area contributed by atoms with Crippen LogP contribution in [0.2, 0.25) is 0 Å². The van der Waals surface area contributed by atoms with Gasteiger partial charge < -0.3 is 136 Å². The largest absolute Gasteiger partial charge is 0.508 e. The van der Waals surface area contributed by atoms with Crippen LogP contribution in [0.1, 0.15) is 148 Å². The number of fused-ring (bicyclic) bond motifs is 4. The summed E-state index contributed by atoms with van der Waals surface area (Å²) in [5, 5.41) is 71.4. The van der Waals surface area contributed by atoms with E-state index in [1.807, 2.05) is 20.8 Å². The van der Waals surface area contributed by atoms with Gasteiger partial charge in [-0.15, -0.1) is 11.8 Å². The second-order valence-electron chi connectivity index (χ2n) is 36.4. The summed E-state index contributed by atoms with van der Waals surface area (Å²) >= 11 is 0.758. The minimum atomic E-state index is -1.94. The number of hydrogen-bond donors (Lipinski definition) is 21. The van der Waals surface area contributed by atoms with Crippen LogP contribution in [-0.4, -0.2) is 325 Å². The SMILES string of the molecule is CCCC[C@H]1C(=O)N(C)[C@@H](CCCC)C(=O)N[C@@H](CCCNC(=N)N)C(=O)N[C@H](C(=O)NCC(N)=O)CSCC(=O)N[C@@H](Cc2ccc(O)cc2)C(=O)N(C)[C@@H](C)C(=O)N[C@@H](CC(N)=O)C(=O)N2CCC[C@H]2C(=O)N[C@@H](CCN)C(=O)N[C@@H](CC(C)C)C(=O)N2C[C@H](O)C[C@H]2C(=O)N[C@@H](Cc2c[nH]c3ccccc23)C(=O)N[C@@H](CO)C(=O)NC(Cc2c(-c3ccc(OCC)cc3)[nH]c3ccccc23)C(=O)N1C. The maximum atomic E-state index is 16.3. The molecule has 772 valence electrons. The number of ether oxygens (including phenoxy) is 1. The Labute approximate surface area is 827 Å². The molecule has 17 amide bonds. The first kappa shape index (κ1) is 112. The average Bonchev–Trinajstić information content (AvgIpc) is 1.49. The first-order chi connectivity index (χ1) is 67.7. The normalized spacial score (nSPS) is 24.1. The van der Waals surface area contributed by atoms with Gasteiger partial charge in [-0.25, -0.2) is 0 Å². The number of nitrogens with zero attached hydrogens (tertiary/aromatic N) is 5. The van der Waals surface area contributed by atoms with Gasteiger partial charge in [-0.05, 0) is 148 Å². The fourth-order valence-corrected chi connectivity index (χ4v) is 18.5. The fourth-order valence-electron chi connectivity index (χ4n) is 17.6. The van der Waals surface area contributed by atoms with Crippen LogP contribution in [0.5, 0.6) is 11.5 Å². The lowest BCUT2D eigenvalue weighted by molar-refractivity contribution is -0.149. The maximum Gasteiger partial charge on any atom is 0.246 e. The van der Waals surface area contributed by atoms with Gasteiger partial charge in [0, 0.05) is 106 Å². The Morgan fingerprint density at radius 2 is 1.13 bits per heavy atom. The number of H-pyrrole nitrogens is 2. The van der Waals surface area contributed by atoms with Crippen LogP contribution in [0.15, 0.2) is 103 Å². The van der Waals surface area contributed by atoms with Crippen molar-refractivity contribution >= 4 is 140 Å². The lowest BCUT2D eigenvalue weighted by atomic mass is 9.96. The van der Waals surface area contributed by atoms with E-state index in [1.165, 1.54) is 52.3 Å². The van der Waals surface area contributed by atoms with Gasteiger partial charge in [0.1, 0.15) is 96.1 Å². The van der Waals surface area contributed by atoms with E-state index in [4.69, 9.17) is 33.1 Å². The highest BCUT2D eigenvalue weighted by molar-refractivity contribution is 8.00. The van der Waals surface area contributed by atoms with E-state index < -0.39 is 241 Å². The van der Waals surface area contributed by atoms with E-state index in [0.717, 1.165) is 36.3 Å². The number of carbonyl (C=O) groups excluding carboxylic acids is 17. The number of phenols is 1. The summed E-state index contributed by atoms with van der Waals surface area (Å²) in [5.41, 5.74) is 26.6. The van der Waals surface area contributed by atoms with E-state index in [1.54, 1.807) is 92.8 Å². The van der Waals surface area contributed by atoms with Gasteiger partial charge >= 0.3 is 0 Å². The van der Waals surface area contributed by atoms with Crippen LogP contribution in [-0.2, 0) is 101 Å². The van der Waals surface area contributed by atoms with Crippen molar-refractivity contribution in [1.29, 1.82) is 5.41 Å². The monoisotopic (exact) mass is 1990 g/mol. The number of carbonyl (C=O) groups is 17. The van der Waals surface area contributed by atoms with Crippen LogP contribution in [0.25, 0.3) is 33.1 Å². The van der Waals surface area contributed by atoms with Gasteiger partial charge in [0.25, 0.3) is 0 Å². The number of unbranched alkanes of at least 4 members (excludes halogenated alkanes) is 2. The summed E-state index contributed by atoms with van der Waals surface area (Å²) in [4.78, 5) is 264. The molecule has 6 aromatic rings. The zero-order valence-corrected chi connectivity index (χ0v) is 82.4. The summed E-state index contributed by atoms with van der Waals surface area (Å²) in [7, 11) is 3.91. The molecule has 25 N–H and O–H groups in total. The lowest BCUT2D eigenvalue weighted by Crippen LogP contribution is -2.62. The highest BCUT2D eigenvalue weighted by Gasteiger charge is 2.47. The molecule has 9 rings (SSSR count). The number of primary amides is 2. The number of para-hydroxylation sites is 2. The van der Waals surface area contributed by atoms with E-state index in [-0.39, 0.29) is 102 Å². The van der Waals surface area contributed by atoms with Crippen molar-refractivity contribution in [3.63, 3.8) is 0 Å². The molecular weight excluding hydrogens is 1860 g/mol. The van der Waals surface area contributed by atoms with Crippen LogP contribution in [0.4, 0.5) is 0 Å². The number of aliphatic hydroxyl groups excluding tert-OH is 2. The number of aliphatic hydroxyl groups is 2. The summed E-state index contributed by atoms with van der Waals surface area (Å²) in [6, 6.07) is 4.68. The van der Waals surface area contributed by atoms with E-state index >= 15 is 38.4 Å². The summed E-state index contributed by atoms with van der Waals surface area (Å²) in [6.45, 7) is 7.91. The highest BCUT2D eigenvalue weighted by Crippen LogP contribution is 2.34. The molecule has 1 unspecified atom stereocenters.